The van der Waals surface area contributed by atoms with Crippen LogP contribution in [0.5, 0.6) is 0 Å². The van der Waals surface area contributed by atoms with E-state index in [0.717, 1.165) is 19.3 Å². The lowest BCUT2D eigenvalue weighted by molar-refractivity contribution is -0.156. The quantitative estimate of drug-likeness (QED) is 0.831. The molecule has 0 spiro atoms. The molecule has 1 amide bonds. The summed E-state index contributed by atoms with van der Waals surface area (Å²) in [5.41, 5.74) is 0.142. The van der Waals surface area contributed by atoms with Crippen LogP contribution in [0.25, 0.3) is 0 Å². The van der Waals surface area contributed by atoms with E-state index in [-0.39, 0.29) is 23.8 Å². The fourth-order valence-electron chi connectivity index (χ4n) is 5.68. The molecule has 4 rings (SSSR count). The minimum absolute atomic E-state index is 0.00590. The van der Waals surface area contributed by atoms with Gasteiger partial charge in [-0.25, -0.2) is 0 Å². The fourth-order valence-corrected chi connectivity index (χ4v) is 5.68. The summed E-state index contributed by atoms with van der Waals surface area (Å²) in [6.45, 7) is 4.13. The van der Waals surface area contributed by atoms with Gasteiger partial charge in [0.05, 0.1) is 11.8 Å². The molecule has 4 saturated carbocycles. The van der Waals surface area contributed by atoms with Gasteiger partial charge in [-0.05, 0) is 62.7 Å². The van der Waals surface area contributed by atoms with Gasteiger partial charge in [0, 0.05) is 6.04 Å². The number of aliphatic carboxylic acids is 1. The second-order valence-corrected chi connectivity index (χ2v) is 8.02. The van der Waals surface area contributed by atoms with Crippen LogP contribution < -0.4 is 5.32 Å². The summed E-state index contributed by atoms with van der Waals surface area (Å²) in [6.07, 6.45) is 6.90. The van der Waals surface area contributed by atoms with Crippen molar-refractivity contribution in [2.45, 2.75) is 64.8 Å². The third-order valence-electron chi connectivity index (χ3n) is 5.69. The van der Waals surface area contributed by atoms with Gasteiger partial charge in [-0.1, -0.05) is 6.92 Å². The molecule has 4 aliphatic carbocycles. The fraction of sp³-hybridized carbons (Fsp3) is 0.875. The summed E-state index contributed by atoms with van der Waals surface area (Å²) < 4.78 is 0. The first-order chi connectivity index (χ1) is 9.30. The molecule has 4 bridgehead atoms. The molecule has 112 valence electrons. The van der Waals surface area contributed by atoms with Gasteiger partial charge in [0.2, 0.25) is 5.91 Å². The largest absolute Gasteiger partial charge is 0.481 e. The molecule has 3 unspecified atom stereocenters. The molecule has 4 aliphatic rings. The standard InChI is InChI=1S/C16H25NO3/c1-10(3-13(18)19)17-14(20)16-7-11-4-12(8-16)6-15(2,5-11)9-16/h10-12H,3-9H2,1-2H3,(H,17,20)(H,18,19). The second kappa shape index (κ2) is 4.47. The van der Waals surface area contributed by atoms with Crippen LogP contribution in [0.2, 0.25) is 0 Å². The zero-order chi connectivity index (χ0) is 14.5. The van der Waals surface area contributed by atoms with Gasteiger partial charge in [-0.15, -0.1) is 0 Å². The SMILES string of the molecule is CC(CC(=O)O)NC(=O)C12CC3CC(CC(C)(C3)C1)C2. The summed E-state index contributed by atoms with van der Waals surface area (Å²) in [7, 11) is 0. The Balaban J connectivity index is 1.72. The number of rotatable bonds is 4. The number of nitrogens with one attached hydrogen (secondary N) is 1. The summed E-state index contributed by atoms with van der Waals surface area (Å²) in [5, 5.41) is 11.8. The number of hydrogen-bond acceptors (Lipinski definition) is 2. The highest BCUT2D eigenvalue weighted by Crippen LogP contribution is 2.65. The predicted molar refractivity (Wildman–Crippen MR) is 75.1 cm³/mol. The van der Waals surface area contributed by atoms with Crippen molar-refractivity contribution in [1.29, 1.82) is 0 Å². The number of carboxylic acids is 1. The van der Waals surface area contributed by atoms with Crippen LogP contribution in [0.15, 0.2) is 0 Å². The number of carbonyl (C=O) groups excluding carboxylic acids is 1. The maximum atomic E-state index is 12.7. The summed E-state index contributed by atoms with van der Waals surface area (Å²) in [6, 6.07) is -0.277. The average molecular weight is 279 g/mol. The van der Waals surface area contributed by atoms with Gasteiger partial charge >= 0.3 is 5.97 Å². The Hall–Kier alpha value is -1.06. The van der Waals surface area contributed by atoms with Gasteiger partial charge in [-0.2, -0.15) is 0 Å². The Labute approximate surface area is 120 Å². The van der Waals surface area contributed by atoms with E-state index in [1.165, 1.54) is 19.3 Å². The molecule has 0 heterocycles. The first kappa shape index (κ1) is 13.9. The Morgan fingerprint density at radius 3 is 2.35 bits per heavy atom. The highest BCUT2D eigenvalue weighted by molar-refractivity contribution is 5.84. The van der Waals surface area contributed by atoms with Gasteiger partial charge in [-0.3, -0.25) is 9.59 Å². The summed E-state index contributed by atoms with van der Waals surface area (Å²) >= 11 is 0. The Morgan fingerprint density at radius 2 is 1.85 bits per heavy atom. The van der Waals surface area contributed by atoms with Crippen molar-refractivity contribution in [2.75, 3.05) is 0 Å². The van der Waals surface area contributed by atoms with Crippen molar-refractivity contribution in [3.05, 3.63) is 0 Å². The second-order valence-electron chi connectivity index (χ2n) is 8.02. The lowest BCUT2D eigenvalue weighted by atomic mass is 9.44. The van der Waals surface area contributed by atoms with Crippen molar-refractivity contribution >= 4 is 11.9 Å². The van der Waals surface area contributed by atoms with E-state index in [0.29, 0.717) is 17.3 Å². The van der Waals surface area contributed by atoms with Crippen LogP contribution >= 0.6 is 0 Å². The first-order valence-corrected chi connectivity index (χ1v) is 7.83. The molecular weight excluding hydrogens is 254 g/mol. The van der Waals surface area contributed by atoms with Crippen LogP contribution in [0, 0.1) is 22.7 Å². The molecule has 0 aliphatic heterocycles. The lowest BCUT2D eigenvalue weighted by Gasteiger charge is -2.60. The highest BCUT2D eigenvalue weighted by atomic mass is 16.4. The van der Waals surface area contributed by atoms with Crippen molar-refractivity contribution in [1.82, 2.24) is 5.32 Å². The third kappa shape index (κ3) is 2.33. The zero-order valence-corrected chi connectivity index (χ0v) is 12.4. The van der Waals surface area contributed by atoms with Crippen molar-refractivity contribution < 1.29 is 14.7 Å². The van der Waals surface area contributed by atoms with Crippen LogP contribution in [0.4, 0.5) is 0 Å². The van der Waals surface area contributed by atoms with Crippen molar-refractivity contribution in [2.24, 2.45) is 22.7 Å². The van der Waals surface area contributed by atoms with Gasteiger partial charge < -0.3 is 10.4 Å². The minimum atomic E-state index is -0.852. The predicted octanol–water partition coefficient (Wildman–Crippen LogP) is 2.57. The van der Waals surface area contributed by atoms with Crippen LogP contribution in [-0.4, -0.2) is 23.0 Å². The maximum absolute atomic E-state index is 12.7. The summed E-state index contributed by atoms with van der Waals surface area (Å²) in [4.78, 5) is 23.5. The van der Waals surface area contributed by atoms with E-state index in [4.69, 9.17) is 5.11 Å². The Kier molecular flexibility index (Phi) is 3.11. The Morgan fingerprint density at radius 1 is 1.25 bits per heavy atom. The van der Waals surface area contributed by atoms with E-state index < -0.39 is 5.97 Å². The monoisotopic (exact) mass is 279 g/mol. The average Bonchev–Trinajstić information content (AvgIpc) is 2.23. The zero-order valence-electron chi connectivity index (χ0n) is 12.4. The molecule has 4 fully saturated rings. The maximum Gasteiger partial charge on any atom is 0.305 e. The lowest BCUT2D eigenvalue weighted by Crippen LogP contribution is -2.57. The topological polar surface area (TPSA) is 66.4 Å². The molecule has 0 aromatic heterocycles. The molecule has 3 atom stereocenters. The highest BCUT2D eigenvalue weighted by Gasteiger charge is 2.58. The molecule has 0 aromatic rings. The molecule has 4 heteroatoms. The summed E-state index contributed by atoms with van der Waals surface area (Å²) in [5.74, 6) is 0.686. The number of hydrogen-bond donors (Lipinski definition) is 2. The van der Waals surface area contributed by atoms with Gasteiger partial charge in [0.15, 0.2) is 0 Å². The van der Waals surface area contributed by atoms with E-state index in [2.05, 4.69) is 12.2 Å². The van der Waals surface area contributed by atoms with Crippen molar-refractivity contribution in [3.63, 3.8) is 0 Å². The van der Waals surface area contributed by atoms with E-state index in [1.807, 2.05) is 0 Å². The smallest absolute Gasteiger partial charge is 0.305 e. The van der Waals surface area contributed by atoms with Crippen molar-refractivity contribution in [3.8, 4) is 0 Å². The number of amides is 1. The minimum Gasteiger partial charge on any atom is -0.481 e. The molecule has 0 aromatic carbocycles. The molecular formula is C16H25NO3. The van der Waals surface area contributed by atoms with Gasteiger partial charge in [0.25, 0.3) is 0 Å². The van der Waals surface area contributed by atoms with Crippen LogP contribution in [0.1, 0.15) is 58.8 Å². The molecule has 2 N–H and O–H groups in total. The Bertz CT molecular complexity index is 431. The number of carbonyl (C=O) groups is 2. The van der Waals surface area contributed by atoms with Gasteiger partial charge in [0.1, 0.15) is 0 Å². The normalized spacial score (nSPS) is 43.3. The first-order valence-electron chi connectivity index (χ1n) is 7.83. The molecule has 20 heavy (non-hydrogen) atoms. The van der Waals surface area contributed by atoms with E-state index >= 15 is 0 Å². The number of carboxylic acid groups (broad SMARTS) is 1. The molecule has 4 nitrogen and oxygen atoms in total. The molecule has 0 radical (unpaired) electrons. The van der Waals surface area contributed by atoms with E-state index in [9.17, 15) is 9.59 Å². The van der Waals surface area contributed by atoms with E-state index in [1.54, 1.807) is 6.92 Å². The molecule has 0 saturated heterocycles. The van der Waals surface area contributed by atoms with Crippen LogP contribution in [-0.2, 0) is 9.59 Å². The third-order valence-corrected chi connectivity index (χ3v) is 5.69. The van der Waals surface area contributed by atoms with Crippen LogP contribution in [0.3, 0.4) is 0 Å².